The molecule has 2 aliphatic heterocycles. The Kier molecular flexibility index (Phi) is 34.3. The van der Waals surface area contributed by atoms with E-state index in [1.807, 2.05) is 6.08 Å². The van der Waals surface area contributed by atoms with E-state index in [1.54, 1.807) is 6.08 Å². The molecule has 14 heteroatoms. The van der Waals surface area contributed by atoms with Gasteiger partial charge in [0.15, 0.2) is 12.6 Å². The monoisotopic (exact) mass is 916 g/mol. The molecule has 0 aromatic rings. The highest BCUT2D eigenvalue weighted by Gasteiger charge is 2.51. The second-order valence-corrected chi connectivity index (χ2v) is 18.3. The number of nitrogens with one attached hydrogen (secondary N) is 1. The van der Waals surface area contributed by atoms with Gasteiger partial charge in [0.1, 0.15) is 48.8 Å². The summed E-state index contributed by atoms with van der Waals surface area (Å²) in [6.07, 6.45) is 23.7. The summed E-state index contributed by atoms with van der Waals surface area (Å²) in [6.45, 7) is 2.74. The normalized spacial score (nSPS) is 27.4. The van der Waals surface area contributed by atoms with E-state index in [4.69, 9.17) is 18.9 Å². The summed E-state index contributed by atoms with van der Waals surface area (Å²) in [7, 11) is 0. The number of aliphatic hydroxyl groups is 8. The molecule has 1 amide bonds. The number of carbonyl (C=O) groups is 1. The first kappa shape index (κ1) is 58.6. The summed E-state index contributed by atoms with van der Waals surface area (Å²) in [5.74, 6) is -0.249. The van der Waals surface area contributed by atoms with Crippen LogP contribution in [0.15, 0.2) is 24.3 Å². The summed E-state index contributed by atoms with van der Waals surface area (Å²) in [6, 6.07) is -0.925. The third-order valence-corrected chi connectivity index (χ3v) is 12.6. The van der Waals surface area contributed by atoms with Crippen LogP contribution in [0.1, 0.15) is 194 Å². The number of amides is 1. The van der Waals surface area contributed by atoms with E-state index in [2.05, 4.69) is 31.3 Å². The van der Waals surface area contributed by atoms with E-state index >= 15 is 0 Å². The lowest BCUT2D eigenvalue weighted by molar-refractivity contribution is -0.359. The predicted molar refractivity (Wildman–Crippen MR) is 249 cm³/mol. The molecule has 12 atom stereocenters. The summed E-state index contributed by atoms with van der Waals surface area (Å²) in [4.78, 5) is 13.2. The van der Waals surface area contributed by atoms with Gasteiger partial charge in [-0.15, -0.1) is 0 Å². The van der Waals surface area contributed by atoms with Crippen LogP contribution in [-0.4, -0.2) is 140 Å². The predicted octanol–water partition coefficient (Wildman–Crippen LogP) is 6.55. The minimum Gasteiger partial charge on any atom is -0.394 e. The van der Waals surface area contributed by atoms with Gasteiger partial charge in [0.2, 0.25) is 5.91 Å². The summed E-state index contributed by atoms with van der Waals surface area (Å²) >= 11 is 0. The maximum absolute atomic E-state index is 13.2. The fraction of sp³-hybridized carbons (Fsp3) is 0.900. The molecular weight excluding hydrogens is 823 g/mol. The lowest BCUT2D eigenvalue weighted by Gasteiger charge is -2.46. The van der Waals surface area contributed by atoms with Gasteiger partial charge >= 0.3 is 0 Å². The van der Waals surface area contributed by atoms with Crippen molar-refractivity contribution < 1.29 is 64.6 Å². The second-order valence-electron chi connectivity index (χ2n) is 18.3. The van der Waals surface area contributed by atoms with E-state index in [1.165, 1.54) is 128 Å². The van der Waals surface area contributed by atoms with Crippen molar-refractivity contribution in [3.05, 3.63) is 24.3 Å². The number of rotatable bonds is 39. The molecule has 0 bridgehead atoms. The van der Waals surface area contributed by atoms with Crippen LogP contribution in [0.5, 0.6) is 0 Å². The topological polar surface area (TPSA) is 228 Å². The zero-order valence-corrected chi connectivity index (χ0v) is 39.8. The van der Waals surface area contributed by atoms with Crippen molar-refractivity contribution >= 4 is 5.91 Å². The third kappa shape index (κ3) is 24.5. The average molecular weight is 916 g/mol. The standard InChI is InChI=1S/C50H93NO13/c1-3-5-7-9-11-13-15-16-17-18-19-20-21-22-24-26-28-30-32-34-42(55)51-38(39(54)33-31-29-27-25-23-14-12-10-8-6-4-2)37-61-49-47(60)45(58)48(41(36-53)63-49)64-50-46(59)44(57)43(56)40(35-52)62-50/h23,25,31,33,38-41,43-50,52-54,56-60H,3-22,24,26-30,32,34-37H2,1-2H3,(H,51,55)/b25-23+,33-31+. The molecule has 14 nitrogen and oxygen atoms in total. The molecule has 12 unspecified atom stereocenters. The van der Waals surface area contributed by atoms with Gasteiger partial charge in [-0.05, 0) is 32.1 Å². The molecular formula is C50H93NO13. The number of allylic oxidation sites excluding steroid dienone is 3. The molecule has 0 radical (unpaired) electrons. The third-order valence-electron chi connectivity index (χ3n) is 12.6. The zero-order chi connectivity index (χ0) is 46.8. The van der Waals surface area contributed by atoms with Crippen molar-refractivity contribution in [2.75, 3.05) is 19.8 Å². The Morgan fingerprint density at radius 2 is 1.00 bits per heavy atom. The average Bonchev–Trinajstić information content (AvgIpc) is 3.29. The SMILES string of the molecule is CCCCCCC/C=C/CC/C=C/C(O)C(COC1OC(CO)C(OC2OC(CO)C(O)C(O)C2O)C(O)C1O)NC(=O)CCCCCCCCCCCCCCCCCCCCC. The highest BCUT2D eigenvalue weighted by atomic mass is 16.7. The first-order valence-corrected chi connectivity index (χ1v) is 25.6. The van der Waals surface area contributed by atoms with Crippen molar-refractivity contribution in [1.82, 2.24) is 5.32 Å². The molecule has 64 heavy (non-hydrogen) atoms. The van der Waals surface area contributed by atoms with E-state index in [9.17, 15) is 45.6 Å². The van der Waals surface area contributed by atoms with Gasteiger partial charge in [0.05, 0.1) is 32.0 Å². The smallest absolute Gasteiger partial charge is 0.220 e. The van der Waals surface area contributed by atoms with Gasteiger partial charge in [-0.25, -0.2) is 0 Å². The van der Waals surface area contributed by atoms with Gasteiger partial charge in [-0.1, -0.05) is 179 Å². The summed E-state index contributed by atoms with van der Waals surface area (Å²) < 4.78 is 22.6. The quantitative estimate of drug-likeness (QED) is 0.0236. The summed E-state index contributed by atoms with van der Waals surface area (Å²) in [5.41, 5.74) is 0. The Balaban J connectivity index is 1.82. The fourth-order valence-corrected chi connectivity index (χ4v) is 8.42. The van der Waals surface area contributed by atoms with Crippen LogP contribution in [0.25, 0.3) is 0 Å². The molecule has 376 valence electrons. The molecule has 2 aliphatic rings. The molecule has 2 saturated heterocycles. The van der Waals surface area contributed by atoms with Crippen LogP contribution in [0.4, 0.5) is 0 Å². The Morgan fingerprint density at radius 1 is 0.547 bits per heavy atom. The molecule has 0 aromatic heterocycles. The first-order valence-electron chi connectivity index (χ1n) is 25.6. The van der Waals surface area contributed by atoms with Gasteiger partial charge in [0, 0.05) is 6.42 Å². The molecule has 0 aromatic carbocycles. The highest BCUT2D eigenvalue weighted by molar-refractivity contribution is 5.76. The van der Waals surface area contributed by atoms with Gasteiger partial charge < -0.3 is 65.1 Å². The molecule has 9 N–H and O–H groups in total. The van der Waals surface area contributed by atoms with E-state index in [0.717, 1.165) is 32.1 Å². The van der Waals surface area contributed by atoms with E-state index in [-0.39, 0.29) is 18.9 Å². The second kappa shape index (κ2) is 37.5. The molecule has 2 rings (SSSR count). The van der Waals surface area contributed by atoms with Crippen molar-refractivity contribution in [3.63, 3.8) is 0 Å². The lowest BCUT2D eigenvalue weighted by atomic mass is 9.97. The maximum Gasteiger partial charge on any atom is 0.220 e. The number of ether oxygens (including phenoxy) is 4. The summed E-state index contributed by atoms with van der Waals surface area (Å²) in [5, 5.41) is 86.6. The number of aliphatic hydroxyl groups excluding tert-OH is 8. The van der Waals surface area contributed by atoms with Crippen LogP contribution in [0.3, 0.4) is 0 Å². The Bertz CT molecular complexity index is 1170. The minimum absolute atomic E-state index is 0.249. The Labute approximate surface area is 386 Å². The van der Waals surface area contributed by atoms with Crippen molar-refractivity contribution in [1.29, 1.82) is 0 Å². The van der Waals surface area contributed by atoms with Crippen molar-refractivity contribution in [2.24, 2.45) is 0 Å². The van der Waals surface area contributed by atoms with E-state index < -0.39 is 86.8 Å². The maximum atomic E-state index is 13.2. The number of hydrogen-bond donors (Lipinski definition) is 9. The van der Waals surface area contributed by atoms with Crippen LogP contribution >= 0.6 is 0 Å². The van der Waals surface area contributed by atoms with Crippen molar-refractivity contribution in [3.8, 4) is 0 Å². The molecule has 2 heterocycles. The number of unbranched alkanes of at least 4 members (excludes halogenated alkanes) is 24. The Morgan fingerprint density at radius 3 is 1.53 bits per heavy atom. The van der Waals surface area contributed by atoms with Crippen molar-refractivity contribution in [2.45, 2.75) is 267 Å². The largest absolute Gasteiger partial charge is 0.394 e. The minimum atomic E-state index is -1.79. The number of hydrogen-bond acceptors (Lipinski definition) is 13. The van der Waals surface area contributed by atoms with Gasteiger partial charge in [-0.3, -0.25) is 4.79 Å². The highest BCUT2D eigenvalue weighted by Crippen LogP contribution is 2.30. The Hall–Kier alpha value is -1.53. The van der Waals surface area contributed by atoms with Crippen LogP contribution in [0.2, 0.25) is 0 Å². The van der Waals surface area contributed by atoms with Gasteiger partial charge in [-0.2, -0.15) is 0 Å². The van der Waals surface area contributed by atoms with E-state index in [0.29, 0.717) is 12.8 Å². The van der Waals surface area contributed by atoms with Crippen LogP contribution in [-0.2, 0) is 23.7 Å². The van der Waals surface area contributed by atoms with Crippen LogP contribution in [0, 0.1) is 0 Å². The zero-order valence-electron chi connectivity index (χ0n) is 39.8. The lowest BCUT2D eigenvalue weighted by Crippen LogP contribution is -2.65. The molecule has 0 aliphatic carbocycles. The number of carbonyl (C=O) groups excluding carboxylic acids is 1. The van der Waals surface area contributed by atoms with Gasteiger partial charge in [0.25, 0.3) is 0 Å². The molecule has 0 saturated carbocycles. The fourth-order valence-electron chi connectivity index (χ4n) is 8.42. The first-order chi connectivity index (χ1) is 31.1. The molecule has 2 fully saturated rings. The molecule has 0 spiro atoms. The van der Waals surface area contributed by atoms with Crippen LogP contribution < -0.4 is 5.32 Å².